The van der Waals surface area contributed by atoms with E-state index >= 15 is 0 Å². The van der Waals surface area contributed by atoms with E-state index in [0.29, 0.717) is 35.4 Å². The fourth-order valence-electron chi connectivity index (χ4n) is 3.98. The maximum absolute atomic E-state index is 13.7. The minimum absolute atomic E-state index is 0.0790. The van der Waals surface area contributed by atoms with Crippen molar-refractivity contribution in [2.75, 3.05) is 39.2 Å². The molecule has 1 aromatic heterocycles. The number of anilines is 1. The molecule has 1 aliphatic heterocycles. The number of amides is 1. The normalized spacial score (nSPS) is 15.5. The topological polar surface area (TPSA) is 72.9 Å². The van der Waals surface area contributed by atoms with Crippen LogP contribution in [0.15, 0.2) is 47.8 Å². The SMILES string of the molecule is COc1ccc(-c2csc(NC(=O)CN(Cc3cccc(F)c3)CC3CCCO3)n2)c(OC)c1. The molecule has 1 saturated heterocycles. The molecule has 0 bridgehead atoms. The lowest BCUT2D eigenvalue weighted by molar-refractivity contribution is -0.117. The molecular formula is C25H28FN3O4S. The molecule has 1 fully saturated rings. The Morgan fingerprint density at radius 1 is 1.26 bits per heavy atom. The van der Waals surface area contributed by atoms with E-state index in [9.17, 15) is 9.18 Å². The molecule has 180 valence electrons. The van der Waals surface area contributed by atoms with Crippen molar-refractivity contribution in [1.29, 1.82) is 0 Å². The Hall–Kier alpha value is -3.01. The Balaban J connectivity index is 1.43. The molecule has 1 amide bonds. The summed E-state index contributed by atoms with van der Waals surface area (Å²) < 4.78 is 30.1. The lowest BCUT2D eigenvalue weighted by Crippen LogP contribution is -2.37. The molecular weight excluding hydrogens is 457 g/mol. The Bertz CT molecular complexity index is 1120. The summed E-state index contributed by atoms with van der Waals surface area (Å²) in [4.78, 5) is 19.4. The van der Waals surface area contributed by atoms with Crippen molar-refractivity contribution >= 4 is 22.4 Å². The quantitative estimate of drug-likeness (QED) is 0.453. The van der Waals surface area contributed by atoms with Crippen molar-refractivity contribution in [3.05, 3.63) is 59.2 Å². The summed E-state index contributed by atoms with van der Waals surface area (Å²) in [5, 5.41) is 5.26. The fourth-order valence-corrected chi connectivity index (χ4v) is 4.71. The number of methoxy groups -OCH3 is 2. The van der Waals surface area contributed by atoms with Gasteiger partial charge >= 0.3 is 0 Å². The number of hydrogen-bond donors (Lipinski definition) is 1. The number of thiazole rings is 1. The maximum Gasteiger partial charge on any atom is 0.240 e. The Morgan fingerprint density at radius 3 is 2.88 bits per heavy atom. The second kappa shape index (κ2) is 11.4. The summed E-state index contributed by atoms with van der Waals surface area (Å²) in [5.74, 6) is 0.856. The van der Waals surface area contributed by atoms with Crippen LogP contribution >= 0.6 is 11.3 Å². The highest BCUT2D eigenvalue weighted by atomic mass is 32.1. The molecule has 34 heavy (non-hydrogen) atoms. The molecule has 1 N–H and O–H groups in total. The van der Waals surface area contributed by atoms with Gasteiger partial charge in [0.25, 0.3) is 0 Å². The van der Waals surface area contributed by atoms with Gasteiger partial charge < -0.3 is 19.5 Å². The number of nitrogens with zero attached hydrogens (tertiary/aromatic N) is 2. The van der Waals surface area contributed by atoms with Crippen molar-refractivity contribution in [3.8, 4) is 22.8 Å². The molecule has 1 atom stereocenters. The van der Waals surface area contributed by atoms with E-state index in [2.05, 4.69) is 10.3 Å². The van der Waals surface area contributed by atoms with Gasteiger partial charge in [-0.05, 0) is 42.7 Å². The molecule has 1 aliphatic rings. The molecule has 2 heterocycles. The van der Waals surface area contributed by atoms with Gasteiger partial charge in [0.1, 0.15) is 17.3 Å². The smallest absolute Gasteiger partial charge is 0.240 e. The van der Waals surface area contributed by atoms with Crippen LogP contribution < -0.4 is 14.8 Å². The lowest BCUT2D eigenvalue weighted by Gasteiger charge is -2.24. The van der Waals surface area contributed by atoms with Gasteiger partial charge in [0.05, 0.1) is 32.6 Å². The van der Waals surface area contributed by atoms with Crippen LogP contribution in [0.5, 0.6) is 11.5 Å². The third kappa shape index (κ3) is 6.31. The van der Waals surface area contributed by atoms with Gasteiger partial charge in [0, 0.05) is 36.7 Å². The monoisotopic (exact) mass is 485 g/mol. The minimum Gasteiger partial charge on any atom is -0.497 e. The molecule has 7 nitrogen and oxygen atoms in total. The van der Waals surface area contributed by atoms with Crippen LogP contribution in [0.25, 0.3) is 11.3 Å². The second-order valence-electron chi connectivity index (χ2n) is 8.09. The van der Waals surface area contributed by atoms with E-state index in [1.54, 1.807) is 26.4 Å². The number of ether oxygens (including phenoxy) is 3. The van der Waals surface area contributed by atoms with Crippen LogP contribution in [0.2, 0.25) is 0 Å². The fraction of sp³-hybridized carbons (Fsp3) is 0.360. The number of aromatic nitrogens is 1. The first-order valence-corrected chi connectivity index (χ1v) is 12.0. The lowest BCUT2D eigenvalue weighted by atomic mass is 10.1. The largest absolute Gasteiger partial charge is 0.497 e. The number of carbonyl (C=O) groups is 1. The summed E-state index contributed by atoms with van der Waals surface area (Å²) in [6.45, 7) is 1.95. The summed E-state index contributed by atoms with van der Waals surface area (Å²) in [7, 11) is 3.19. The first kappa shape index (κ1) is 24.1. The van der Waals surface area contributed by atoms with Gasteiger partial charge in [-0.3, -0.25) is 9.69 Å². The minimum atomic E-state index is -0.289. The summed E-state index contributed by atoms with van der Waals surface area (Å²) in [5.41, 5.74) is 2.33. The van der Waals surface area contributed by atoms with E-state index < -0.39 is 0 Å². The molecule has 1 unspecified atom stereocenters. The summed E-state index contributed by atoms with van der Waals surface area (Å²) in [6, 6.07) is 12.0. The highest BCUT2D eigenvalue weighted by Gasteiger charge is 2.22. The molecule has 9 heteroatoms. The predicted octanol–water partition coefficient (Wildman–Crippen LogP) is 4.59. The standard InChI is InChI=1S/C25H28FN3O4S/c1-31-19-8-9-21(23(12-19)32-2)22-16-34-25(27-22)28-24(30)15-29(14-20-7-4-10-33-20)13-17-5-3-6-18(26)11-17/h3,5-6,8-9,11-12,16,20H,4,7,10,13-15H2,1-2H3,(H,27,28,30). The van der Waals surface area contributed by atoms with Gasteiger partial charge in [-0.25, -0.2) is 9.37 Å². The molecule has 3 aromatic rings. The maximum atomic E-state index is 13.7. The molecule has 0 aliphatic carbocycles. The Kier molecular flexibility index (Phi) is 8.10. The highest BCUT2D eigenvalue weighted by Crippen LogP contribution is 2.34. The van der Waals surface area contributed by atoms with E-state index in [4.69, 9.17) is 14.2 Å². The first-order valence-electron chi connectivity index (χ1n) is 11.1. The van der Waals surface area contributed by atoms with Gasteiger partial charge in [-0.15, -0.1) is 11.3 Å². The number of benzene rings is 2. The zero-order valence-electron chi connectivity index (χ0n) is 19.3. The average molecular weight is 486 g/mol. The van der Waals surface area contributed by atoms with Crippen LogP contribution in [-0.2, 0) is 16.1 Å². The van der Waals surface area contributed by atoms with Gasteiger partial charge in [-0.2, -0.15) is 0 Å². The zero-order chi connectivity index (χ0) is 23.9. The van der Waals surface area contributed by atoms with Crippen molar-refractivity contribution in [2.45, 2.75) is 25.5 Å². The number of halogens is 1. The van der Waals surface area contributed by atoms with Crippen molar-refractivity contribution in [2.24, 2.45) is 0 Å². The van der Waals surface area contributed by atoms with Crippen LogP contribution in [0.4, 0.5) is 9.52 Å². The summed E-state index contributed by atoms with van der Waals surface area (Å²) in [6.07, 6.45) is 2.05. The Labute approximate surface area is 202 Å². The van der Waals surface area contributed by atoms with Gasteiger partial charge in [0.15, 0.2) is 5.13 Å². The van der Waals surface area contributed by atoms with Crippen LogP contribution in [0.1, 0.15) is 18.4 Å². The number of carbonyl (C=O) groups excluding carboxylic acids is 1. The van der Waals surface area contributed by atoms with Crippen LogP contribution in [0, 0.1) is 5.82 Å². The van der Waals surface area contributed by atoms with Gasteiger partial charge in [0.2, 0.25) is 5.91 Å². The average Bonchev–Trinajstić information content (AvgIpc) is 3.51. The van der Waals surface area contributed by atoms with E-state index in [1.165, 1.54) is 23.5 Å². The molecule has 2 aromatic carbocycles. The van der Waals surface area contributed by atoms with E-state index in [1.807, 2.05) is 28.5 Å². The second-order valence-corrected chi connectivity index (χ2v) is 8.94. The van der Waals surface area contributed by atoms with Crippen molar-refractivity contribution in [1.82, 2.24) is 9.88 Å². The predicted molar refractivity (Wildman–Crippen MR) is 130 cm³/mol. The Morgan fingerprint density at radius 2 is 2.15 bits per heavy atom. The molecule has 0 saturated carbocycles. The van der Waals surface area contributed by atoms with Crippen LogP contribution in [-0.4, -0.2) is 55.8 Å². The number of rotatable bonds is 10. The van der Waals surface area contributed by atoms with Crippen molar-refractivity contribution < 1.29 is 23.4 Å². The van der Waals surface area contributed by atoms with Crippen molar-refractivity contribution in [3.63, 3.8) is 0 Å². The third-order valence-corrected chi connectivity index (χ3v) is 6.34. The molecule has 4 rings (SSSR count). The number of hydrogen-bond acceptors (Lipinski definition) is 7. The first-order chi connectivity index (χ1) is 16.5. The van der Waals surface area contributed by atoms with Gasteiger partial charge in [-0.1, -0.05) is 12.1 Å². The highest BCUT2D eigenvalue weighted by molar-refractivity contribution is 7.14. The third-order valence-electron chi connectivity index (χ3n) is 5.58. The zero-order valence-corrected chi connectivity index (χ0v) is 20.1. The molecule has 0 radical (unpaired) electrons. The molecule has 0 spiro atoms. The van der Waals surface area contributed by atoms with E-state index in [0.717, 1.165) is 30.6 Å². The van der Waals surface area contributed by atoms with Crippen LogP contribution in [0.3, 0.4) is 0 Å². The summed E-state index contributed by atoms with van der Waals surface area (Å²) >= 11 is 1.35. The van der Waals surface area contributed by atoms with E-state index in [-0.39, 0.29) is 24.4 Å². The number of nitrogens with one attached hydrogen (secondary N) is 1.